The summed E-state index contributed by atoms with van der Waals surface area (Å²) in [5.41, 5.74) is 2.68. The smallest absolute Gasteiger partial charge is 0.278 e. The number of para-hydroxylation sites is 1. The van der Waals surface area contributed by atoms with Crippen LogP contribution in [0.4, 0.5) is 5.69 Å². The molecular weight excluding hydrogens is 344 g/mol. The first-order valence-electron chi connectivity index (χ1n) is 8.73. The summed E-state index contributed by atoms with van der Waals surface area (Å²) < 4.78 is 16.1. The lowest BCUT2D eigenvalue weighted by Crippen LogP contribution is -2.16. The highest BCUT2D eigenvalue weighted by Gasteiger charge is 2.21. The minimum Gasteiger partial charge on any atom is -0.497 e. The largest absolute Gasteiger partial charge is 0.497 e. The van der Waals surface area contributed by atoms with Crippen LogP contribution in [0.5, 0.6) is 11.5 Å². The van der Waals surface area contributed by atoms with Gasteiger partial charge >= 0.3 is 0 Å². The minimum atomic E-state index is -0.318. The predicted octanol–water partition coefficient (Wildman–Crippen LogP) is 4.39. The summed E-state index contributed by atoms with van der Waals surface area (Å²) in [7, 11) is 1.61. The van der Waals surface area contributed by atoms with Gasteiger partial charge in [0.1, 0.15) is 23.9 Å². The van der Waals surface area contributed by atoms with E-state index in [9.17, 15) is 4.79 Å². The van der Waals surface area contributed by atoms with Crippen molar-refractivity contribution in [3.63, 3.8) is 0 Å². The van der Waals surface area contributed by atoms with E-state index >= 15 is 0 Å². The average Bonchev–Trinajstić information content (AvgIpc) is 3.07. The van der Waals surface area contributed by atoms with Crippen molar-refractivity contribution in [2.24, 2.45) is 0 Å². The molecule has 3 rings (SSSR count). The lowest BCUT2D eigenvalue weighted by molar-refractivity contribution is 0.101. The van der Waals surface area contributed by atoms with Gasteiger partial charge in [0.2, 0.25) is 0 Å². The molecule has 2 aromatic carbocycles. The summed E-state index contributed by atoms with van der Waals surface area (Å²) in [6, 6.07) is 14.9. The van der Waals surface area contributed by atoms with Crippen molar-refractivity contribution in [3.8, 4) is 11.5 Å². The van der Waals surface area contributed by atoms with Crippen LogP contribution < -0.4 is 14.8 Å². The molecule has 0 bridgehead atoms. The number of benzene rings is 2. The average molecular weight is 366 g/mol. The van der Waals surface area contributed by atoms with Crippen LogP contribution in [0.15, 0.2) is 53.1 Å². The molecule has 1 heterocycles. The standard InChI is InChI=1S/C21H22N2O4/c1-4-15-7-5-6-8-19(15)22-21(24)20-18(14(2)27-23-20)13-26-17-11-9-16(25-3)10-12-17/h5-12H,4,13H2,1-3H3,(H,22,24). The highest BCUT2D eigenvalue weighted by Crippen LogP contribution is 2.22. The fraction of sp³-hybridized carbons (Fsp3) is 0.238. The van der Waals surface area contributed by atoms with Gasteiger partial charge in [-0.3, -0.25) is 4.79 Å². The highest BCUT2D eigenvalue weighted by atomic mass is 16.5. The summed E-state index contributed by atoms with van der Waals surface area (Å²) in [6.07, 6.45) is 0.821. The summed E-state index contributed by atoms with van der Waals surface area (Å²) >= 11 is 0. The van der Waals surface area contributed by atoms with Crippen molar-refractivity contribution < 1.29 is 18.8 Å². The molecule has 0 saturated heterocycles. The minimum absolute atomic E-state index is 0.180. The van der Waals surface area contributed by atoms with E-state index in [4.69, 9.17) is 14.0 Å². The number of rotatable bonds is 7. The molecular formula is C21H22N2O4. The van der Waals surface area contributed by atoms with E-state index in [1.807, 2.05) is 43.3 Å². The molecule has 0 aliphatic rings. The number of nitrogens with zero attached hydrogens (tertiary/aromatic N) is 1. The number of anilines is 1. The van der Waals surface area contributed by atoms with Crippen LogP contribution in [-0.2, 0) is 13.0 Å². The second kappa shape index (κ2) is 8.40. The number of carbonyl (C=O) groups excluding carboxylic acids is 1. The zero-order chi connectivity index (χ0) is 19.2. The quantitative estimate of drug-likeness (QED) is 0.671. The van der Waals surface area contributed by atoms with Gasteiger partial charge in [0.15, 0.2) is 5.69 Å². The monoisotopic (exact) mass is 366 g/mol. The van der Waals surface area contributed by atoms with Gasteiger partial charge < -0.3 is 19.3 Å². The number of hydrogen-bond donors (Lipinski definition) is 1. The molecule has 0 fully saturated rings. The van der Waals surface area contributed by atoms with E-state index in [-0.39, 0.29) is 18.2 Å². The normalized spacial score (nSPS) is 10.5. The summed E-state index contributed by atoms with van der Waals surface area (Å²) in [6.45, 7) is 3.98. The number of hydrogen-bond acceptors (Lipinski definition) is 5. The number of nitrogens with one attached hydrogen (secondary N) is 1. The Morgan fingerprint density at radius 1 is 1.11 bits per heavy atom. The number of ether oxygens (including phenoxy) is 2. The van der Waals surface area contributed by atoms with E-state index < -0.39 is 0 Å². The molecule has 0 aliphatic carbocycles. The van der Waals surface area contributed by atoms with Gasteiger partial charge in [-0.05, 0) is 49.2 Å². The van der Waals surface area contributed by atoms with E-state index in [1.54, 1.807) is 26.2 Å². The molecule has 1 aromatic heterocycles. The van der Waals surface area contributed by atoms with Crippen LogP contribution in [0.1, 0.15) is 34.3 Å². The Kier molecular flexibility index (Phi) is 5.76. The van der Waals surface area contributed by atoms with Crippen molar-refractivity contribution in [2.75, 3.05) is 12.4 Å². The fourth-order valence-corrected chi connectivity index (χ4v) is 2.70. The topological polar surface area (TPSA) is 73.6 Å². The van der Waals surface area contributed by atoms with Gasteiger partial charge in [0.05, 0.1) is 12.7 Å². The van der Waals surface area contributed by atoms with Crippen molar-refractivity contribution in [2.45, 2.75) is 26.9 Å². The number of aromatic nitrogens is 1. The summed E-state index contributed by atoms with van der Waals surface area (Å²) in [5, 5.41) is 6.83. The maximum atomic E-state index is 12.7. The Morgan fingerprint density at radius 2 is 1.81 bits per heavy atom. The predicted molar refractivity (Wildman–Crippen MR) is 102 cm³/mol. The Balaban J connectivity index is 1.74. The van der Waals surface area contributed by atoms with Gasteiger partial charge in [-0.2, -0.15) is 0 Å². The lowest BCUT2D eigenvalue weighted by Gasteiger charge is -2.10. The first-order valence-corrected chi connectivity index (χ1v) is 8.73. The first kappa shape index (κ1) is 18.5. The van der Waals surface area contributed by atoms with Crippen molar-refractivity contribution >= 4 is 11.6 Å². The van der Waals surface area contributed by atoms with Crippen LogP contribution in [0.25, 0.3) is 0 Å². The maximum Gasteiger partial charge on any atom is 0.278 e. The third-order valence-electron chi connectivity index (χ3n) is 4.29. The van der Waals surface area contributed by atoms with Crippen LogP contribution in [0.2, 0.25) is 0 Å². The van der Waals surface area contributed by atoms with Gasteiger partial charge in [-0.25, -0.2) is 0 Å². The molecule has 0 aliphatic heterocycles. The number of amides is 1. The van der Waals surface area contributed by atoms with Crippen molar-refractivity contribution in [3.05, 3.63) is 71.1 Å². The number of carbonyl (C=O) groups is 1. The summed E-state index contributed by atoms with van der Waals surface area (Å²) in [4.78, 5) is 12.7. The fourth-order valence-electron chi connectivity index (χ4n) is 2.70. The Morgan fingerprint density at radius 3 is 2.52 bits per heavy atom. The van der Waals surface area contributed by atoms with Crippen LogP contribution >= 0.6 is 0 Å². The molecule has 27 heavy (non-hydrogen) atoms. The molecule has 140 valence electrons. The van der Waals surface area contributed by atoms with Gasteiger partial charge in [-0.1, -0.05) is 30.3 Å². The maximum absolute atomic E-state index is 12.7. The van der Waals surface area contributed by atoms with E-state index in [0.29, 0.717) is 17.1 Å². The van der Waals surface area contributed by atoms with E-state index in [2.05, 4.69) is 10.5 Å². The second-order valence-electron chi connectivity index (χ2n) is 5.99. The molecule has 0 radical (unpaired) electrons. The highest BCUT2D eigenvalue weighted by molar-refractivity contribution is 6.04. The van der Waals surface area contributed by atoms with Crippen molar-refractivity contribution in [1.82, 2.24) is 5.16 Å². The van der Waals surface area contributed by atoms with Crippen LogP contribution in [0, 0.1) is 6.92 Å². The Bertz CT molecular complexity index is 916. The molecule has 6 nitrogen and oxygen atoms in total. The molecule has 1 N–H and O–H groups in total. The Hall–Kier alpha value is -3.28. The summed E-state index contributed by atoms with van der Waals surface area (Å²) in [5.74, 6) is 1.65. The zero-order valence-corrected chi connectivity index (χ0v) is 15.6. The van der Waals surface area contributed by atoms with Crippen LogP contribution in [-0.4, -0.2) is 18.2 Å². The molecule has 3 aromatic rings. The lowest BCUT2D eigenvalue weighted by atomic mass is 10.1. The first-order chi connectivity index (χ1) is 13.1. The zero-order valence-electron chi connectivity index (χ0n) is 15.6. The van der Waals surface area contributed by atoms with Crippen LogP contribution in [0.3, 0.4) is 0 Å². The molecule has 6 heteroatoms. The Labute approximate surface area is 158 Å². The molecule has 1 amide bonds. The third kappa shape index (κ3) is 4.28. The molecule has 0 saturated carbocycles. The van der Waals surface area contributed by atoms with E-state index in [0.717, 1.165) is 23.4 Å². The SMILES string of the molecule is CCc1ccccc1NC(=O)c1noc(C)c1COc1ccc(OC)cc1. The third-order valence-corrected chi connectivity index (χ3v) is 4.29. The number of aryl methyl sites for hydroxylation is 2. The molecule has 0 atom stereocenters. The van der Waals surface area contributed by atoms with Gasteiger partial charge in [0.25, 0.3) is 5.91 Å². The van der Waals surface area contributed by atoms with Gasteiger partial charge in [0, 0.05) is 5.69 Å². The molecule has 0 unspecified atom stereocenters. The molecule has 0 spiro atoms. The van der Waals surface area contributed by atoms with E-state index in [1.165, 1.54) is 0 Å². The van der Waals surface area contributed by atoms with Gasteiger partial charge in [-0.15, -0.1) is 0 Å². The van der Waals surface area contributed by atoms with Crippen molar-refractivity contribution in [1.29, 1.82) is 0 Å². The second-order valence-corrected chi connectivity index (χ2v) is 5.99. The number of methoxy groups -OCH3 is 1.